The average molecular weight is 326 g/mol. The zero-order valence-electron chi connectivity index (χ0n) is 12.8. The van der Waals surface area contributed by atoms with Gasteiger partial charge >= 0.3 is 0 Å². The molecule has 2 N–H and O–H groups in total. The van der Waals surface area contributed by atoms with Gasteiger partial charge in [0.15, 0.2) is 0 Å². The number of hydrogen-bond donors (Lipinski definition) is 2. The van der Waals surface area contributed by atoms with Gasteiger partial charge in [0.2, 0.25) is 15.9 Å². The molecule has 1 amide bonds. The number of aryl methyl sites for hydroxylation is 1. The topological polar surface area (TPSA) is 86.7 Å². The molecule has 0 radical (unpaired) electrons. The molecule has 0 unspecified atom stereocenters. The third-order valence-corrected chi connectivity index (χ3v) is 5.79. The zero-order valence-corrected chi connectivity index (χ0v) is 13.6. The largest absolute Gasteiger partial charge is 0.391 e. The normalized spacial score (nSPS) is 23.8. The van der Waals surface area contributed by atoms with Crippen molar-refractivity contribution < 1.29 is 18.3 Å². The number of sulfonamides is 1. The lowest BCUT2D eigenvalue weighted by molar-refractivity contribution is -0.120. The molecule has 1 heterocycles. The fourth-order valence-corrected chi connectivity index (χ4v) is 4.06. The van der Waals surface area contributed by atoms with Crippen molar-refractivity contribution in [3.63, 3.8) is 0 Å². The van der Waals surface area contributed by atoms with Crippen molar-refractivity contribution in [2.45, 2.75) is 43.7 Å². The minimum Gasteiger partial charge on any atom is -0.391 e. The monoisotopic (exact) mass is 326 g/mol. The molecule has 6 nitrogen and oxygen atoms in total. The number of nitrogens with one attached hydrogen (secondary N) is 1. The van der Waals surface area contributed by atoms with E-state index in [1.54, 1.807) is 24.3 Å². The van der Waals surface area contributed by atoms with Gasteiger partial charge in [0, 0.05) is 20.0 Å². The number of carbonyl (C=O) groups is 1. The van der Waals surface area contributed by atoms with Gasteiger partial charge in [-0.1, -0.05) is 17.7 Å². The van der Waals surface area contributed by atoms with Crippen LogP contribution >= 0.6 is 0 Å². The van der Waals surface area contributed by atoms with Crippen LogP contribution in [-0.2, 0) is 14.8 Å². The van der Waals surface area contributed by atoms with Crippen molar-refractivity contribution >= 4 is 15.9 Å². The molecule has 122 valence electrons. The number of amides is 1. The van der Waals surface area contributed by atoms with Gasteiger partial charge in [-0.3, -0.25) is 4.79 Å². The van der Waals surface area contributed by atoms with Crippen LogP contribution in [0, 0.1) is 6.92 Å². The molecule has 0 aromatic heterocycles. The summed E-state index contributed by atoms with van der Waals surface area (Å²) in [5.74, 6) is -0.223. The van der Waals surface area contributed by atoms with Crippen molar-refractivity contribution in [1.82, 2.24) is 9.62 Å². The summed E-state index contributed by atoms with van der Waals surface area (Å²) in [6.45, 7) is 3.81. The van der Waals surface area contributed by atoms with E-state index in [0.717, 1.165) is 5.56 Å². The van der Waals surface area contributed by atoms with Gasteiger partial charge in [0.05, 0.1) is 17.0 Å². The van der Waals surface area contributed by atoms with E-state index in [9.17, 15) is 18.3 Å². The predicted octanol–water partition coefficient (Wildman–Crippen LogP) is 0.645. The van der Waals surface area contributed by atoms with E-state index in [0.29, 0.717) is 12.8 Å². The second-order valence-electron chi connectivity index (χ2n) is 5.67. The number of nitrogens with zero attached hydrogens (tertiary/aromatic N) is 1. The number of rotatable bonds is 3. The molecule has 1 fully saturated rings. The van der Waals surface area contributed by atoms with Gasteiger partial charge in [-0.05, 0) is 31.9 Å². The van der Waals surface area contributed by atoms with Crippen LogP contribution in [0.5, 0.6) is 0 Å². The Morgan fingerprint density at radius 2 is 1.82 bits per heavy atom. The Morgan fingerprint density at radius 1 is 1.23 bits per heavy atom. The Kier molecular flexibility index (Phi) is 5.20. The highest BCUT2D eigenvalue weighted by Gasteiger charge is 2.31. The Bertz CT molecular complexity index is 627. The Morgan fingerprint density at radius 3 is 2.41 bits per heavy atom. The van der Waals surface area contributed by atoms with Gasteiger partial charge < -0.3 is 10.4 Å². The summed E-state index contributed by atoms with van der Waals surface area (Å²) in [5.41, 5.74) is 0.996. The summed E-state index contributed by atoms with van der Waals surface area (Å²) in [4.78, 5) is 11.4. The lowest BCUT2D eigenvalue weighted by Gasteiger charge is -2.20. The summed E-state index contributed by atoms with van der Waals surface area (Å²) >= 11 is 0. The van der Waals surface area contributed by atoms with Crippen molar-refractivity contribution in [3.8, 4) is 0 Å². The van der Waals surface area contributed by atoms with E-state index < -0.39 is 22.2 Å². The van der Waals surface area contributed by atoms with Crippen molar-refractivity contribution in [3.05, 3.63) is 29.8 Å². The molecule has 0 spiro atoms. The Hall–Kier alpha value is -1.44. The first-order valence-electron chi connectivity index (χ1n) is 7.32. The molecule has 1 saturated heterocycles. The fourth-order valence-electron chi connectivity index (χ4n) is 2.59. The molecule has 1 aliphatic rings. The quantitative estimate of drug-likeness (QED) is 0.854. The maximum absolute atomic E-state index is 12.6. The molecule has 0 aliphatic carbocycles. The highest BCUT2D eigenvalue weighted by Crippen LogP contribution is 2.21. The standard InChI is InChI=1S/C15H22N2O4S/c1-11-3-5-13(6-4-11)22(20,21)17-9-7-14(16-12(2)18)15(19)8-10-17/h3-6,14-15,19H,7-10H2,1-2H3,(H,16,18)/t14-,15-/m0/s1. The van der Waals surface area contributed by atoms with Crippen molar-refractivity contribution in [1.29, 1.82) is 0 Å². The molecule has 1 aliphatic heterocycles. The molecule has 0 bridgehead atoms. The highest BCUT2D eigenvalue weighted by molar-refractivity contribution is 7.89. The molecule has 22 heavy (non-hydrogen) atoms. The van der Waals surface area contributed by atoms with Crippen LogP contribution in [0.1, 0.15) is 25.3 Å². The molecular weight excluding hydrogens is 304 g/mol. The van der Waals surface area contributed by atoms with Crippen molar-refractivity contribution in [2.24, 2.45) is 0 Å². The summed E-state index contributed by atoms with van der Waals surface area (Å²) in [5, 5.41) is 12.7. The van der Waals surface area contributed by atoms with Crippen LogP contribution in [0.15, 0.2) is 29.2 Å². The Balaban J connectivity index is 2.15. The molecule has 2 rings (SSSR count). The zero-order chi connectivity index (χ0) is 16.3. The smallest absolute Gasteiger partial charge is 0.243 e. The number of aliphatic hydroxyl groups is 1. The van der Waals surface area contributed by atoms with E-state index >= 15 is 0 Å². The van der Waals surface area contributed by atoms with Crippen molar-refractivity contribution in [2.75, 3.05) is 13.1 Å². The van der Waals surface area contributed by atoms with Crippen LogP contribution in [0.25, 0.3) is 0 Å². The number of carbonyl (C=O) groups excluding carboxylic acids is 1. The van der Waals surface area contributed by atoms with Crippen LogP contribution in [-0.4, -0.2) is 49.0 Å². The van der Waals surface area contributed by atoms with Gasteiger partial charge in [-0.15, -0.1) is 0 Å². The summed E-state index contributed by atoms with van der Waals surface area (Å²) in [7, 11) is -3.57. The number of hydrogen-bond acceptors (Lipinski definition) is 4. The minimum atomic E-state index is -3.57. The molecule has 7 heteroatoms. The second kappa shape index (κ2) is 6.76. The summed E-state index contributed by atoms with van der Waals surface area (Å²) in [6, 6.07) is 6.31. The lowest BCUT2D eigenvalue weighted by Crippen LogP contribution is -2.42. The Labute approximate surface area is 131 Å². The molecule has 1 aromatic carbocycles. The lowest BCUT2D eigenvalue weighted by atomic mass is 10.1. The second-order valence-corrected chi connectivity index (χ2v) is 7.61. The number of aliphatic hydroxyl groups excluding tert-OH is 1. The van der Waals surface area contributed by atoms with Crippen LogP contribution < -0.4 is 5.32 Å². The minimum absolute atomic E-state index is 0.223. The van der Waals surface area contributed by atoms with E-state index in [1.807, 2.05) is 6.92 Å². The van der Waals surface area contributed by atoms with E-state index in [1.165, 1.54) is 11.2 Å². The van der Waals surface area contributed by atoms with E-state index in [4.69, 9.17) is 0 Å². The SMILES string of the molecule is CC(=O)N[C@H]1CCN(S(=O)(=O)c2ccc(C)cc2)CC[C@@H]1O. The molecule has 2 atom stereocenters. The van der Waals surface area contributed by atoms with Gasteiger partial charge in [0.1, 0.15) is 0 Å². The molecule has 0 saturated carbocycles. The maximum Gasteiger partial charge on any atom is 0.243 e. The maximum atomic E-state index is 12.6. The first-order chi connectivity index (χ1) is 10.3. The molecule has 1 aromatic rings. The third kappa shape index (κ3) is 3.85. The van der Waals surface area contributed by atoms with E-state index in [-0.39, 0.29) is 23.9 Å². The first-order valence-corrected chi connectivity index (χ1v) is 8.76. The average Bonchev–Trinajstić information content (AvgIpc) is 2.62. The molecular formula is C15H22N2O4S. The van der Waals surface area contributed by atoms with Crippen LogP contribution in [0.4, 0.5) is 0 Å². The van der Waals surface area contributed by atoms with Crippen LogP contribution in [0.3, 0.4) is 0 Å². The fraction of sp³-hybridized carbons (Fsp3) is 0.533. The van der Waals surface area contributed by atoms with Gasteiger partial charge in [0.25, 0.3) is 0 Å². The van der Waals surface area contributed by atoms with Gasteiger partial charge in [-0.25, -0.2) is 8.42 Å². The van der Waals surface area contributed by atoms with Gasteiger partial charge in [-0.2, -0.15) is 4.31 Å². The third-order valence-electron chi connectivity index (χ3n) is 3.88. The first kappa shape index (κ1) is 16.9. The van der Waals surface area contributed by atoms with Crippen LogP contribution in [0.2, 0.25) is 0 Å². The number of benzene rings is 1. The predicted molar refractivity (Wildman–Crippen MR) is 82.8 cm³/mol. The summed E-state index contributed by atoms with van der Waals surface area (Å²) in [6.07, 6.45) is -0.0378. The summed E-state index contributed by atoms with van der Waals surface area (Å²) < 4.78 is 26.7. The van der Waals surface area contributed by atoms with E-state index in [2.05, 4.69) is 5.32 Å². The highest BCUT2D eigenvalue weighted by atomic mass is 32.2.